The Labute approximate surface area is 199 Å². The van der Waals surface area contributed by atoms with Crippen LogP contribution in [0.4, 0.5) is 0 Å². The zero-order valence-corrected chi connectivity index (χ0v) is 19.2. The molecule has 0 saturated heterocycles. The van der Waals surface area contributed by atoms with Crippen molar-refractivity contribution in [2.75, 3.05) is 7.11 Å². The van der Waals surface area contributed by atoms with Gasteiger partial charge < -0.3 is 9.72 Å². The second kappa shape index (κ2) is 8.39. The lowest BCUT2D eigenvalue weighted by molar-refractivity contribution is 0.415. The molecule has 0 amide bonds. The van der Waals surface area contributed by atoms with E-state index < -0.39 is 0 Å². The van der Waals surface area contributed by atoms with Crippen molar-refractivity contribution in [3.63, 3.8) is 0 Å². The summed E-state index contributed by atoms with van der Waals surface area (Å²) in [6, 6.07) is 20.9. The van der Waals surface area contributed by atoms with Gasteiger partial charge in [0.25, 0.3) is 0 Å². The molecule has 3 heterocycles. The van der Waals surface area contributed by atoms with Crippen LogP contribution in [-0.4, -0.2) is 26.5 Å². The number of hydrogen-bond acceptors (Lipinski definition) is 4. The normalized spacial score (nSPS) is 11.1. The first-order valence-electron chi connectivity index (χ1n) is 9.72. The lowest BCUT2D eigenvalue weighted by atomic mass is 10.1. The molecule has 0 aliphatic heterocycles. The molecule has 5 aromatic rings. The quantitative estimate of drug-likeness (QED) is 0.279. The molecule has 3 aromatic heterocycles. The average Bonchev–Trinajstić information content (AvgIpc) is 3.18. The molecule has 1 N–H and O–H groups in total. The zero-order chi connectivity index (χ0) is 22.2. The number of nitrogens with one attached hydrogen (secondary N) is 1. The lowest BCUT2D eigenvalue weighted by Gasteiger charge is -2.10. The summed E-state index contributed by atoms with van der Waals surface area (Å²) >= 11 is 18.1. The molecule has 5 rings (SSSR count). The fraction of sp³-hybridized carbons (Fsp3) is 0.0417. The molecular weight excluding hydrogens is 463 g/mol. The maximum absolute atomic E-state index is 6.55. The first-order valence-corrected chi connectivity index (χ1v) is 10.9. The van der Waals surface area contributed by atoms with Gasteiger partial charge in [-0.1, -0.05) is 29.3 Å². The van der Waals surface area contributed by atoms with Gasteiger partial charge in [-0.05, 0) is 72.9 Å². The van der Waals surface area contributed by atoms with Crippen LogP contribution < -0.4 is 4.74 Å². The minimum Gasteiger partial charge on any atom is -0.497 e. The van der Waals surface area contributed by atoms with Crippen LogP contribution in [0.2, 0.25) is 10.0 Å². The number of rotatable bonds is 4. The van der Waals surface area contributed by atoms with Crippen molar-refractivity contribution in [2.45, 2.75) is 0 Å². The second-order valence-corrected chi connectivity index (χ2v) is 8.31. The molecule has 0 fully saturated rings. The molecule has 0 spiro atoms. The number of methoxy groups -OCH3 is 1. The van der Waals surface area contributed by atoms with Crippen LogP contribution in [0.5, 0.6) is 5.75 Å². The maximum Gasteiger partial charge on any atom is 0.197 e. The number of hydrogen-bond donors (Lipinski definition) is 1. The van der Waals surface area contributed by atoms with Crippen molar-refractivity contribution < 1.29 is 4.74 Å². The van der Waals surface area contributed by atoms with Crippen molar-refractivity contribution in [1.29, 1.82) is 0 Å². The molecule has 0 atom stereocenters. The van der Waals surface area contributed by atoms with E-state index in [-0.39, 0.29) is 0 Å². The highest BCUT2D eigenvalue weighted by Gasteiger charge is 2.19. The van der Waals surface area contributed by atoms with E-state index in [4.69, 9.17) is 45.1 Å². The number of nitrogens with zero attached hydrogens (tertiary/aromatic N) is 3. The molecule has 0 radical (unpaired) electrons. The smallest absolute Gasteiger partial charge is 0.197 e. The first kappa shape index (κ1) is 20.7. The van der Waals surface area contributed by atoms with Crippen molar-refractivity contribution in [3.8, 4) is 39.7 Å². The van der Waals surface area contributed by atoms with E-state index >= 15 is 0 Å². The molecular formula is C24H16Cl2N4OS. The molecule has 0 bridgehead atoms. The van der Waals surface area contributed by atoms with Crippen LogP contribution in [0.25, 0.3) is 39.5 Å². The van der Waals surface area contributed by atoms with E-state index in [2.05, 4.69) is 9.97 Å². The number of aromatic nitrogens is 4. The molecule has 8 heteroatoms. The minimum absolute atomic E-state index is 0.368. The van der Waals surface area contributed by atoms with Gasteiger partial charge in [0.2, 0.25) is 0 Å². The van der Waals surface area contributed by atoms with Gasteiger partial charge in [-0.25, -0.2) is 9.97 Å². The summed E-state index contributed by atoms with van der Waals surface area (Å²) in [5.41, 5.74) is 5.54. The van der Waals surface area contributed by atoms with Gasteiger partial charge >= 0.3 is 0 Å². The summed E-state index contributed by atoms with van der Waals surface area (Å²) in [4.78, 5) is 12.6. The van der Waals surface area contributed by atoms with E-state index in [1.165, 1.54) is 0 Å². The number of ether oxygens (including phenoxy) is 1. The number of pyridine rings is 1. The number of aromatic amines is 1. The standard InChI is InChI=1S/C24H16Cl2N4OS/c1-31-16-8-5-14(6-9-16)19-13-20(28-24(32)27-19)23-22(17-10-7-15(25)12-18(17)26)29-21-4-2-3-11-30(21)23/h2-13H,1H3,(H,27,28,32). The molecule has 5 nitrogen and oxygen atoms in total. The Hall–Kier alpha value is -3.19. The molecule has 158 valence electrons. The molecule has 0 saturated carbocycles. The Balaban J connectivity index is 1.76. The van der Waals surface area contributed by atoms with Crippen LogP contribution in [-0.2, 0) is 0 Å². The topological polar surface area (TPSA) is 55.2 Å². The van der Waals surface area contributed by atoms with E-state index in [1.807, 2.05) is 65.2 Å². The molecule has 0 aliphatic carbocycles. The molecule has 0 aliphatic rings. The first-order chi connectivity index (χ1) is 15.5. The number of fused-ring (bicyclic) bond motifs is 1. The summed E-state index contributed by atoms with van der Waals surface area (Å²) in [6.07, 6.45) is 1.95. The van der Waals surface area contributed by atoms with Gasteiger partial charge in [0.05, 0.1) is 29.2 Å². The number of benzene rings is 2. The van der Waals surface area contributed by atoms with Crippen molar-refractivity contribution in [2.24, 2.45) is 0 Å². The Morgan fingerprint density at radius 2 is 1.78 bits per heavy atom. The summed E-state index contributed by atoms with van der Waals surface area (Å²) < 4.78 is 7.63. The van der Waals surface area contributed by atoms with Crippen LogP contribution in [0.15, 0.2) is 72.9 Å². The Bertz CT molecular complexity index is 1510. The van der Waals surface area contributed by atoms with Crippen LogP contribution in [0.1, 0.15) is 0 Å². The minimum atomic E-state index is 0.368. The Morgan fingerprint density at radius 1 is 0.969 bits per heavy atom. The third-order valence-corrected chi connectivity index (χ3v) is 5.84. The second-order valence-electron chi connectivity index (χ2n) is 7.08. The van der Waals surface area contributed by atoms with E-state index in [0.29, 0.717) is 14.8 Å². The van der Waals surface area contributed by atoms with Gasteiger partial charge in [-0.3, -0.25) is 4.40 Å². The number of imidazole rings is 1. The third-order valence-electron chi connectivity index (χ3n) is 5.10. The van der Waals surface area contributed by atoms with Gasteiger partial charge in [-0.2, -0.15) is 0 Å². The monoisotopic (exact) mass is 478 g/mol. The Morgan fingerprint density at radius 3 is 2.53 bits per heavy atom. The summed E-state index contributed by atoms with van der Waals surface area (Å²) in [7, 11) is 1.64. The molecule has 2 aromatic carbocycles. The highest BCUT2D eigenvalue weighted by molar-refractivity contribution is 7.71. The third kappa shape index (κ3) is 3.77. The number of H-pyrrole nitrogens is 1. The van der Waals surface area contributed by atoms with E-state index in [1.54, 1.807) is 19.2 Å². The predicted octanol–water partition coefficient (Wildman–Crippen LogP) is 7.10. The fourth-order valence-electron chi connectivity index (χ4n) is 3.62. The van der Waals surface area contributed by atoms with Crippen molar-refractivity contribution >= 4 is 41.1 Å². The average molecular weight is 479 g/mol. The maximum atomic E-state index is 6.55. The highest BCUT2D eigenvalue weighted by atomic mass is 35.5. The largest absolute Gasteiger partial charge is 0.497 e. The summed E-state index contributed by atoms with van der Waals surface area (Å²) in [6.45, 7) is 0. The zero-order valence-electron chi connectivity index (χ0n) is 16.8. The predicted molar refractivity (Wildman–Crippen MR) is 131 cm³/mol. The van der Waals surface area contributed by atoms with Crippen molar-refractivity contribution in [3.05, 3.63) is 87.7 Å². The van der Waals surface area contributed by atoms with E-state index in [9.17, 15) is 0 Å². The van der Waals surface area contributed by atoms with Gasteiger partial charge in [0, 0.05) is 22.3 Å². The Kier molecular flexibility index (Phi) is 5.43. The molecule has 0 unspecified atom stereocenters. The summed E-state index contributed by atoms with van der Waals surface area (Å²) in [5.74, 6) is 0.775. The van der Waals surface area contributed by atoms with Crippen LogP contribution >= 0.6 is 35.4 Å². The van der Waals surface area contributed by atoms with Gasteiger partial charge in [0.15, 0.2) is 4.77 Å². The molecule has 32 heavy (non-hydrogen) atoms. The lowest BCUT2D eigenvalue weighted by Crippen LogP contribution is -1.96. The highest BCUT2D eigenvalue weighted by Crippen LogP contribution is 2.37. The number of halogens is 2. The van der Waals surface area contributed by atoms with Crippen LogP contribution in [0.3, 0.4) is 0 Å². The summed E-state index contributed by atoms with van der Waals surface area (Å²) in [5, 5.41) is 1.08. The van der Waals surface area contributed by atoms with Crippen LogP contribution in [0, 0.1) is 4.77 Å². The fourth-order valence-corrected chi connectivity index (χ4v) is 4.32. The van der Waals surface area contributed by atoms with Gasteiger partial charge in [0.1, 0.15) is 17.1 Å². The van der Waals surface area contributed by atoms with E-state index in [0.717, 1.165) is 45.3 Å². The van der Waals surface area contributed by atoms with Crippen molar-refractivity contribution in [1.82, 2.24) is 19.4 Å². The SMILES string of the molecule is COc1ccc(-c2cc(-c3c(-c4ccc(Cl)cc4Cl)nc4ccccn34)[nH]c(=S)n2)cc1. The van der Waals surface area contributed by atoms with Gasteiger partial charge in [-0.15, -0.1) is 0 Å².